The molecule has 3 amide bonds. The average Bonchev–Trinajstić information content (AvgIpc) is 2.39. The molecule has 0 aromatic heterocycles. The molecule has 100 valence electrons. The van der Waals surface area contributed by atoms with Crippen molar-refractivity contribution in [2.45, 2.75) is 6.42 Å². The fourth-order valence-electron chi connectivity index (χ4n) is 1.76. The molecule has 0 unspecified atom stereocenters. The summed E-state index contributed by atoms with van der Waals surface area (Å²) >= 11 is 2.07. The van der Waals surface area contributed by atoms with Crippen molar-refractivity contribution < 1.29 is 19.1 Å². The number of nitrogens with one attached hydrogen (secondary N) is 1. The largest absolute Gasteiger partial charge is 0.465 e. The first-order chi connectivity index (χ1) is 9.02. The van der Waals surface area contributed by atoms with Gasteiger partial charge in [0.15, 0.2) is 0 Å². The summed E-state index contributed by atoms with van der Waals surface area (Å²) in [7, 11) is 1.30. The first-order valence-corrected chi connectivity index (χ1v) is 6.60. The van der Waals surface area contributed by atoms with Crippen molar-refractivity contribution >= 4 is 46.2 Å². The minimum Gasteiger partial charge on any atom is -0.465 e. The number of anilines is 1. The maximum atomic E-state index is 11.8. The first kappa shape index (κ1) is 13.8. The van der Waals surface area contributed by atoms with E-state index in [9.17, 15) is 14.4 Å². The maximum Gasteiger partial charge on any atom is 0.337 e. The smallest absolute Gasteiger partial charge is 0.337 e. The number of nitrogens with zero attached hydrogens (tertiary/aromatic N) is 1. The van der Waals surface area contributed by atoms with E-state index >= 15 is 0 Å². The Bertz CT molecular complexity index is 559. The molecule has 0 atom stereocenters. The van der Waals surface area contributed by atoms with E-state index in [0.29, 0.717) is 17.8 Å². The molecule has 0 saturated carbocycles. The number of carbonyl (C=O) groups excluding carboxylic acids is 3. The van der Waals surface area contributed by atoms with Crippen LogP contribution < -0.4 is 10.2 Å². The number of hydrogen-bond acceptors (Lipinski definition) is 4. The number of methoxy groups -OCH3 is 1. The maximum absolute atomic E-state index is 11.8. The topological polar surface area (TPSA) is 75.7 Å². The summed E-state index contributed by atoms with van der Waals surface area (Å²) in [5.74, 6) is -0.758. The molecule has 1 heterocycles. The van der Waals surface area contributed by atoms with Crippen LogP contribution in [0.3, 0.4) is 0 Å². The van der Waals surface area contributed by atoms with Gasteiger partial charge in [0.2, 0.25) is 5.91 Å². The van der Waals surface area contributed by atoms with Crippen LogP contribution in [0.2, 0.25) is 0 Å². The number of ether oxygens (including phenoxy) is 1. The van der Waals surface area contributed by atoms with Gasteiger partial charge in [-0.2, -0.15) is 0 Å². The summed E-state index contributed by atoms with van der Waals surface area (Å²) < 4.78 is 5.46. The average molecular weight is 374 g/mol. The molecule has 1 aliphatic rings. The van der Waals surface area contributed by atoms with Crippen LogP contribution in [-0.2, 0) is 9.53 Å². The lowest BCUT2D eigenvalue weighted by Gasteiger charge is -2.27. The molecule has 6 nitrogen and oxygen atoms in total. The Hall–Kier alpha value is -1.64. The highest BCUT2D eigenvalue weighted by molar-refractivity contribution is 14.1. The fraction of sp³-hybridized carbons (Fsp3) is 0.250. The molecule has 1 aromatic carbocycles. The molecule has 19 heavy (non-hydrogen) atoms. The fourth-order valence-corrected chi connectivity index (χ4v) is 2.38. The van der Waals surface area contributed by atoms with Crippen molar-refractivity contribution in [1.29, 1.82) is 0 Å². The van der Waals surface area contributed by atoms with Crippen LogP contribution in [0, 0.1) is 3.57 Å². The highest BCUT2D eigenvalue weighted by Gasteiger charge is 2.26. The van der Waals surface area contributed by atoms with Gasteiger partial charge in [-0.05, 0) is 40.8 Å². The predicted molar refractivity (Wildman–Crippen MR) is 76.0 cm³/mol. The number of carbonyl (C=O) groups is 3. The minimum atomic E-state index is -0.476. The van der Waals surface area contributed by atoms with Crippen molar-refractivity contribution in [1.82, 2.24) is 5.32 Å². The normalized spacial score (nSPS) is 15.2. The summed E-state index contributed by atoms with van der Waals surface area (Å²) in [6, 6.07) is 4.47. The van der Waals surface area contributed by atoms with Crippen LogP contribution in [0.15, 0.2) is 18.2 Å². The van der Waals surface area contributed by atoms with Gasteiger partial charge in [0.25, 0.3) is 0 Å². The van der Waals surface area contributed by atoms with Crippen molar-refractivity contribution in [3.8, 4) is 0 Å². The first-order valence-electron chi connectivity index (χ1n) is 5.52. The summed E-state index contributed by atoms with van der Waals surface area (Å²) in [4.78, 5) is 35.8. The molecular weight excluding hydrogens is 363 g/mol. The van der Waals surface area contributed by atoms with E-state index in [0.717, 1.165) is 3.57 Å². The van der Waals surface area contributed by atoms with Crippen molar-refractivity contribution in [3.05, 3.63) is 27.3 Å². The molecule has 0 spiro atoms. The lowest BCUT2D eigenvalue weighted by Crippen LogP contribution is -2.49. The molecule has 1 aliphatic heterocycles. The number of urea groups is 1. The standard InChI is InChI=1S/C12H11IN2O4/c1-19-11(17)7-2-3-8(13)9(6-7)15-5-4-10(16)14-12(15)18/h2-3,6H,4-5H2,1H3,(H,14,16,18). The minimum absolute atomic E-state index is 0.240. The monoisotopic (exact) mass is 374 g/mol. The van der Waals surface area contributed by atoms with E-state index in [4.69, 9.17) is 0 Å². The van der Waals surface area contributed by atoms with Crippen LogP contribution >= 0.6 is 22.6 Å². The second-order valence-corrected chi connectivity index (χ2v) is 5.07. The van der Waals surface area contributed by atoms with Gasteiger partial charge < -0.3 is 4.74 Å². The summed E-state index contributed by atoms with van der Waals surface area (Å²) in [6.07, 6.45) is 0.240. The van der Waals surface area contributed by atoms with E-state index in [1.165, 1.54) is 12.0 Å². The van der Waals surface area contributed by atoms with Crippen molar-refractivity contribution in [2.75, 3.05) is 18.6 Å². The Kier molecular flexibility index (Phi) is 4.03. The Labute approximate surface area is 123 Å². The molecule has 1 fully saturated rings. The number of imide groups is 1. The molecule has 2 rings (SSSR count). The molecule has 1 aromatic rings. The van der Waals surface area contributed by atoms with Gasteiger partial charge in [-0.15, -0.1) is 0 Å². The molecule has 7 heteroatoms. The van der Waals surface area contributed by atoms with Gasteiger partial charge in [-0.1, -0.05) is 0 Å². The number of rotatable bonds is 2. The third kappa shape index (κ3) is 2.86. The molecule has 1 N–H and O–H groups in total. The number of halogens is 1. The second kappa shape index (κ2) is 5.55. The zero-order valence-corrected chi connectivity index (χ0v) is 12.3. The van der Waals surface area contributed by atoms with Crippen LogP contribution in [0.1, 0.15) is 16.8 Å². The summed E-state index contributed by atoms with van der Waals surface area (Å²) in [5, 5.41) is 2.25. The van der Waals surface area contributed by atoms with Gasteiger partial charge in [0.05, 0.1) is 18.4 Å². The van der Waals surface area contributed by atoms with Gasteiger partial charge in [-0.3, -0.25) is 15.0 Å². The Morgan fingerprint density at radius 1 is 1.42 bits per heavy atom. The lowest BCUT2D eigenvalue weighted by molar-refractivity contribution is -0.120. The molecule has 0 bridgehead atoms. The van der Waals surface area contributed by atoms with Gasteiger partial charge in [0.1, 0.15) is 0 Å². The second-order valence-electron chi connectivity index (χ2n) is 3.91. The number of benzene rings is 1. The van der Waals surface area contributed by atoms with Gasteiger partial charge in [-0.25, -0.2) is 9.59 Å². The predicted octanol–water partition coefficient (Wildman–Crippen LogP) is 1.52. The lowest BCUT2D eigenvalue weighted by atomic mass is 10.1. The zero-order valence-electron chi connectivity index (χ0n) is 10.1. The van der Waals surface area contributed by atoms with E-state index in [1.807, 2.05) is 0 Å². The Morgan fingerprint density at radius 2 is 2.16 bits per heavy atom. The quantitative estimate of drug-likeness (QED) is 0.629. The van der Waals surface area contributed by atoms with Crippen LogP contribution in [0.4, 0.5) is 10.5 Å². The Morgan fingerprint density at radius 3 is 2.79 bits per heavy atom. The Balaban J connectivity index is 2.35. The summed E-state index contributed by atoms with van der Waals surface area (Å²) in [5.41, 5.74) is 0.955. The van der Waals surface area contributed by atoms with Crippen LogP contribution in [0.5, 0.6) is 0 Å². The van der Waals surface area contributed by atoms with E-state index in [2.05, 4.69) is 32.6 Å². The molecular formula is C12H11IN2O4. The number of esters is 1. The van der Waals surface area contributed by atoms with Crippen LogP contribution in [0.25, 0.3) is 0 Å². The van der Waals surface area contributed by atoms with E-state index in [1.54, 1.807) is 18.2 Å². The SMILES string of the molecule is COC(=O)c1ccc(I)c(N2CCC(=O)NC2=O)c1. The molecule has 0 aliphatic carbocycles. The highest BCUT2D eigenvalue weighted by Crippen LogP contribution is 2.26. The van der Waals surface area contributed by atoms with Crippen molar-refractivity contribution in [2.24, 2.45) is 0 Å². The van der Waals surface area contributed by atoms with Gasteiger partial charge >= 0.3 is 12.0 Å². The third-order valence-electron chi connectivity index (χ3n) is 2.71. The zero-order chi connectivity index (χ0) is 14.0. The van der Waals surface area contributed by atoms with Crippen molar-refractivity contribution in [3.63, 3.8) is 0 Å². The van der Waals surface area contributed by atoms with Gasteiger partial charge in [0, 0.05) is 16.5 Å². The van der Waals surface area contributed by atoms with Crippen LogP contribution in [-0.4, -0.2) is 31.6 Å². The third-order valence-corrected chi connectivity index (χ3v) is 3.62. The van der Waals surface area contributed by atoms with E-state index in [-0.39, 0.29) is 12.3 Å². The number of amides is 3. The van der Waals surface area contributed by atoms with E-state index < -0.39 is 12.0 Å². The molecule has 0 radical (unpaired) electrons. The number of hydrogen-bond donors (Lipinski definition) is 1. The highest BCUT2D eigenvalue weighted by atomic mass is 127. The summed E-state index contributed by atoms with van der Waals surface area (Å²) in [6.45, 7) is 0.297. The molecule has 1 saturated heterocycles.